The fraction of sp³-hybridized carbons (Fsp3) is 0.741. The zero-order valence-corrected chi connectivity index (χ0v) is 22.8. The first-order valence-corrected chi connectivity index (χ1v) is 13.6. The Morgan fingerprint density at radius 1 is 1.33 bits per heavy atom. The van der Waals surface area contributed by atoms with E-state index in [0.29, 0.717) is 56.9 Å². The molecule has 1 N–H and O–H groups in total. The van der Waals surface area contributed by atoms with Gasteiger partial charge in [0.1, 0.15) is 0 Å². The van der Waals surface area contributed by atoms with Gasteiger partial charge < -0.3 is 24.6 Å². The fourth-order valence-electron chi connectivity index (χ4n) is 6.89. The number of rotatable bonds is 6. The van der Waals surface area contributed by atoms with Gasteiger partial charge in [0.15, 0.2) is 0 Å². The molecule has 2 saturated heterocycles. The molecule has 1 saturated carbocycles. The Balaban J connectivity index is 1.36. The molecule has 3 fully saturated rings. The predicted octanol–water partition coefficient (Wildman–Crippen LogP) is 1.55. The molecular weight excluding hydrogens is 515 g/mol. The molecule has 0 radical (unpaired) electrons. The third kappa shape index (κ3) is 5.66. The molecule has 0 aromatic carbocycles. The molecule has 4 heterocycles. The Morgan fingerprint density at radius 3 is 2.85 bits per heavy atom. The van der Waals surface area contributed by atoms with Crippen molar-refractivity contribution >= 4 is 11.8 Å². The van der Waals surface area contributed by atoms with Crippen LogP contribution in [0.1, 0.15) is 36.1 Å². The molecule has 0 bridgehead atoms. The Labute approximate surface area is 227 Å². The number of fused-ring (bicyclic) bond motifs is 2. The van der Waals surface area contributed by atoms with Gasteiger partial charge in [0.05, 0.1) is 30.2 Å². The van der Waals surface area contributed by atoms with E-state index in [0.717, 1.165) is 25.1 Å². The van der Waals surface area contributed by atoms with Gasteiger partial charge in [-0.1, -0.05) is 0 Å². The third-order valence-corrected chi connectivity index (χ3v) is 8.94. The number of aromatic nitrogens is 1. The minimum absolute atomic E-state index is 0.0185. The highest BCUT2D eigenvalue weighted by molar-refractivity contribution is 5.85. The number of nitrogens with one attached hydrogen (secondary N) is 1. The quantitative estimate of drug-likeness (QED) is 0.572. The molecule has 1 aromatic heterocycles. The Kier molecular flexibility index (Phi) is 7.93. The molecule has 0 spiro atoms. The van der Waals surface area contributed by atoms with Crippen molar-refractivity contribution in [1.82, 2.24) is 25.0 Å². The molecule has 12 heteroatoms. The van der Waals surface area contributed by atoms with E-state index in [9.17, 15) is 22.8 Å². The molecule has 216 valence electrons. The topological polar surface area (TPSA) is 87.2 Å². The fourth-order valence-corrected chi connectivity index (χ4v) is 6.89. The van der Waals surface area contributed by atoms with E-state index in [-0.39, 0.29) is 49.0 Å². The number of ether oxygens (including phenoxy) is 2. The minimum atomic E-state index is -4.49. The van der Waals surface area contributed by atoms with Gasteiger partial charge in [-0.3, -0.25) is 19.5 Å². The molecule has 39 heavy (non-hydrogen) atoms. The van der Waals surface area contributed by atoms with E-state index in [1.165, 1.54) is 0 Å². The molecular formula is C27H38F3N5O4. The van der Waals surface area contributed by atoms with E-state index >= 15 is 0 Å². The van der Waals surface area contributed by atoms with Crippen LogP contribution in [0.5, 0.6) is 0 Å². The number of hydrogen-bond donors (Lipinski definition) is 1. The summed E-state index contributed by atoms with van der Waals surface area (Å²) in [4.78, 5) is 36.2. The standard InChI is InChI=1S/C27H38F3N5O4/c1-33(2)24(36)14-34-13-19-9-20(32-22-5-7-39-15-23(22)38-3)10-26(19,16-34)25(37)35-6-4-21-17(12-35)8-18(11-31-21)27(28,29)30/h8,11,19-20,22-23,32H,4-7,9-10,12-16H2,1-3H3. The van der Waals surface area contributed by atoms with Crippen LogP contribution in [0, 0.1) is 11.3 Å². The van der Waals surface area contributed by atoms with Crippen LogP contribution < -0.4 is 5.32 Å². The molecule has 4 aliphatic rings. The van der Waals surface area contributed by atoms with Crippen LogP contribution in [-0.2, 0) is 38.2 Å². The van der Waals surface area contributed by atoms with Gasteiger partial charge >= 0.3 is 6.18 Å². The van der Waals surface area contributed by atoms with Gasteiger partial charge in [-0.05, 0) is 36.8 Å². The highest BCUT2D eigenvalue weighted by atomic mass is 19.4. The van der Waals surface area contributed by atoms with Crippen LogP contribution in [0.25, 0.3) is 0 Å². The summed E-state index contributed by atoms with van der Waals surface area (Å²) in [5.41, 5.74) is -0.436. The number of amides is 2. The Hall–Kier alpha value is -2.28. The molecule has 2 amide bonds. The molecule has 1 aromatic rings. The number of hydrogen-bond acceptors (Lipinski definition) is 7. The second-order valence-electron chi connectivity index (χ2n) is 11.7. The monoisotopic (exact) mass is 553 g/mol. The number of alkyl halides is 3. The maximum atomic E-state index is 14.3. The van der Waals surface area contributed by atoms with E-state index in [2.05, 4.69) is 15.2 Å². The van der Waals surface area contributed by atoms with Gasteiger partial charge in [0, 0.05) is 84.4 Å². The van der Waals surface area contributed by atoms with Gasteiger partial charge in [0.2, 0.25) is 11.8 Å². The van der Waals surface area contributed by atoms with Crippen molar-refractivity contribution in [3.63, 3.8) is 0 Å². The molecule has 1 aliphatic carbocycles. The minimum Gasteiger partial charge on any atom is -0.379 e. The molecule has 5 rings (SSSR count). The molecule has 5 atom stereocenters. The second-order valence-corrected chi connectivity index (χ2v) is 11.7. The highest BCUT2D eigenvalue weighted by Gasteiger charge is 2.59. The zero-order chi connectivity index (χ0) is 27.9. The number of likely N-dealkylation sites (tertiary alicyclic amines) is 1. The summed E-state index contributed by atoms with van der Waals surface area (Å²) < 4.78 is 51.2. The lowest BCUT2D eigenvalue weighted by Gasteiger charge is -2.38. The van der Waals surface area contributed by atoms with Crippen LogP contribution >= 0.6 is 0 Å². The average Bonchev–Trinajstić information content (AvgIpc) is 3.41. The lowest BCUT2D eigenvalue weighted by molar-refractivity contribution is -0.144. The van der Waals surface area contributed by atoms with E-state index in [1.54, 1.807) is 31.0 Å². The first-order valence-electron chi connectivity index (χ1n) is 13.6. The number of methoxy groups -OCH3 is 1. The van der Waals surface area contributed by atoms with Crippen LogP contribution in [0.3, 0.4) is 0 Å². The Bertz CT molecular complexity index is 1090. The lowest BCUT2D eigenvalue weighted by atomic mass is 9.78. The van der Waals surface area contributed by atoms with Crippen molar-refractivity contribution < 1.29 is 32.2 Å². The summed E-state index contributed by atoms with van der Waals surface area (Å²) >= 11 is 0. The molecule has 3 aliphatic heterocycles. The maximum absolute atomic E-state index is 14.3. The van der Waals surface area contributed by atoms with Crippen LogP contribution in [0.4, 0.5) is 13.2 Å². The van der Waals surface area contributed by atoms with E-state index in [1.807, 2.05) is 0 Å². The van der Waals surface area contributed by atoms with Gasteiger partial charge in [-0.15, -0.1) is 0 Å². The van der Waals surface area contributed by atoms with Gasteiger partial charge in [-0.25, -0.2) is 0 Å². The SMILES string of the molecule is COC1COCCC1NC1CC2CN(CC(=O)N(C)C)CC2(C(=O)N2CCc3ncc(C(F)(F)F)cc3C2)C1. The summed E-state index contributed by atoms with van der Waals surface area (Å²) in [6, 6.07) is 1.35. The summed E-state index contributed by atoms with van der Waals surface area (Å²) in [7, 11) is 5.11. The van der Waals surface area contributed by atoms with E-state index < -0.39 is 17.2 Å². The van der Waals surface area contributed by atoms with Crippen molar-refractivity contribution in [3.05, 3.63) is 29.1 Å². The van der Waals surface area contributed by atoms with Crippen LogP contribution in [0.2, 0.25) is 0 Å². The van der Waals surface area contributed by atoms with Gasteiger partial charge in [0.25, 0.3) is 0 Å². The number of nitrogens with zero attached hydrogens (tertiary/aromatic N) is 4. The average molecular weight is 554 g/mol. The Morgan fingerprint density at radius 2 is 2.13 bits per heavy atom. The molecule has 9 nitrogen and oxygen atoms in total. The summed E-state index contributed by atoms with van der Waals surface area (Å²) in [6.07, 6.45) is -1.04. The van der Waals surface area contributed by atoms with Crippen LogP contribution in [-0.4, -0.2) is 110 Å². The summed E-state index contributed by atoms with van der Waals surface area (Å²) in [5.74, 6) is -0.00990. The third-order valence-electron chi connectivity index (χ3n) is 8.94. The number of likely N-dealkylation sites (N-methyl/N-ethyl adjacent to an activating group) is 1. The normalized spacial score (nSPS) is 31.2. The number of pyridine rings is 1. The van der Waals surface area contributed by atoms with Crippen molar-refractivity contribution in [2.45, 2.75) is 56.6 Å². The first-order chi connectivity index (χ1) is 18.5. The largest absolute Gasteiger partial charge is 0.417 e. The number of halogens is 3. The lowest BCUT2D eigenvalue weighted by Crippen LogP contribution is -2.52. The number of carbonyl (C=O) groups is 2. The summed E-state index contributed by atoms with van der Waals surface area (Å²) in [6.45, 7) is 3.04. The van der Waals surface area contributed by atoms with Gasteiger partial charge in [-0.2, -0.15) is 13.2 Å². The second kappa shape index (κ2) is 10.9. The molecule has 5 unspecified atom stereocenters. The van der Waals surface area contributed by atoms with Crippen molar-refractivity contribution in [2.75, 3.05) is 60.6 Å². The predicted molar refractivity (Wildman–Crippen MR) is 136 cm³/mol. The first kappa shape index (κ1) is 28.3. The van der Waals surface area contributed by atoms with Crippen molar-refractivity contribution in [2.24, 2.45) is 11.3 Å². The van der Waals surface area contributed by atoms with Crippen LogP contribution in [0.15, 0.2) is 12.3 Å². The maximum Gasteiger partial charge on any atom is 0.417 e. The van der Waals surface area contributed by atoms with Crippen molar-refractivity contribution in [3.8, 4) is 0 Å². The summed E-state index contributed by atoms with van der Waals surface area (Å²) in [5, 5.41) is 3.74. The smallest absolute Gasteiger partial charge is 0.379 e. The highest BCUT2D eigenvalue weighted by Crippen LogP contribution is 2.50. The number of carbonyl (C=O) groups excluding carboxylic acids is 2. The van der Waals surface area contributed by atoms with Crippen molar-refractivity contribution in [1.29, 1.82) is 0 Å². The van der Waals surface area contributed by atoms with E-state index in [4.69, 9.17) is 9.47 Å². The zero-order valence-electron chi connectivity index (χ0n) is 22.8.